The Morgan fingerprint density at radius 1 is 1.00 bits per heavy atom. The number of carbonyl (C=O) groups is 2. The van der Waals surface area contributed by atoms with Crippen molar-refractivity contribution in [3.63, 3.8) is 0 Å². The maximum Gasteiger partial charge on any atom is 0.337 e. The van der Waals surface area contributed by atoms with E-state index in [-0.39, 0.29) is 11.5 Å². The lowest BCUT2D eigenvalue weighted by molar-refractivity contribution is -0.116. The molecule has 0 unspecified atom stereocenters. The van der Waals surface area contributed by atoms with Crippen LogP contribution in [0.3, 0.4) is 0 Å². The minimum atomic E-state index is -1.02. The molecule has 0 radical (unpaired) electrons. The van der Waals surface area contributed by atoms with Crippen LogP contribution in [0.5, 0.6) is 0 Å². The molecular formula is C18H28N2O3. The van der Waals surface area contributed by atoms with Crippen LogP contribution in [-0.2, 0) is 4.79 Å². The summed E-state index contributed by atoms with van der Waals surface area (Å²) in [5.74, 6) is -0.690. The summed E-state index contributed by atoms with van der Waals surface area (Å²) in [7, 11) is 0. The third-order valence-corrected chi connectivity index (χ3v) is 3.79. The normalized spacial score (nSPS) is 10.5. The number of anilines is 1. The van der Waals surface area contributed by atoms with Crippen LogP contribution >= 0.6 is 0 Å². The second kappa shape index (κ2) is 11.6. The lowest BCUT2D eigenvalue weighted by Crippen LogP contribution is -2.12. The molecular weight excluding hydrogens is 292 g/mol. The van der Waals surface area contributed by atoms with Gasteiger partial charge in [-0.15, -0.1) is 0 Å². The Labute approximate surface area is 138 Å². The molecule has 0 aromatic carbocycles. The van der Waals surface area contributed by atoms with Crippen molar-refractivity contribution in [2.75, 3.05) is 5.32 Å². The lowest BCUT2D eigenvalue weighted by atomic mass is 10.1. The van der Waals surface area contributed by atoms with Crippen LogP contribution in [-0.4, -0.2) is 22.0 Å². The molecule has 5 heteroatoms. The molecule has 0 aliphatic rings. The Hall–Kier alpha value is -1.91. The molecule has 128 valence electrons. The average Bonchev–Trinajstić information content (AvgIpc) is 2.54. The number of nitrogens with zero attached hydrogens (tertiary/aromatic N) is 1. The first-order valence-corrected chi connectivity index (χ1v) is 8.62. The molecule has 2 N–H and O–H groups in total. The maximum absolute atomic E-state index is 11.8. The number of hydrogen-bond acceptors (Lipinski definition) is 3. The highest BCUT2D eigenvalue weighted by Crippen LogP contribution is 2.11. The number of carbonyl (C=O) groups excluding carboxylic acids is 1. The van der Waals surface area contributed by atoms with Gasteiger partial charge in [0.25, 0.3) is 0 Å². The van der Waals surface area contributed by atoms with Crippen molar-refractivity contribution < 1.29 is 14.7 Å². The topological polar surface area (TPSA) is 79.3 Å². The Morgan fingerprint density at radius 3 is 2.13 bits per heavy atom. The van der Waals surface area contributed by atoms with Gasteiger partial charge < -0.3 is 10.4 Å². The SMILES string of the molecule is CCCCCCCCCCCC(=O)Nc1ccc(C(=O)O)cn1. The summed E-state index contributed by atoms with van der Waals surface area (Å²) in [6, 6.07) is 2.95. The van der Waals surface area contributed by atoms with Gasteiger partial charge in [0.1, 0.15) is 5.82 Å². The van der Waals surface area contributed by atoms with Crippen molar-refractivity contribution in [1.29, 1.82) is 0 Å². The van der Waals surface area contributed by atoms with Crippen LogP contribution in [0.15, 0.2) is 18.3 Å². The fourth-order valence-electron chi connectivity index (χ4n) is 2.40. The van der Waals surface area contributed by atoms with Gasteiger partial charge in [-0.1, -0.05) is 58.3 Å². The van der Waals surface area contributed by atoms with Gasteiger partial charge in [-0.05, 0) is 18.6 Å². The number of rotatable bonds is 12. The van der Waals surface area contributed by atoms with Crippen molar-refractivity contribution in [3.8, 4) is 0 Å². The molecule has 0 spiro atoms. The summed E-state index contributed by atoms with van der Waals surface area (Å²) in [5, 5.41) is 11.5. The van der Waals surface area contributed by atoms with Crippen LogP contribution in [0.25, 0.3) is 0 Å². The van der Waals surface area contributed by atoms with E-state index < -0.39 is 5.97 Å². The monoisotopic (exact) mass is 320 g/mol. The van der Waals surface area contributed by atoms with Crippen molar-refractivity contribution in [2.45, 2.75) is 71.1 Å². The average molecular weight is 320 g/mol. The number of amides is 1. The molecule has 0 fully saturated rings. The van der Waals surface area contributed by atoms with E-state index in [0.29, 0.717) is 12.2 Å². The Kier molecular flexibility index (Phi) is 9.68. The van der Waals surface area contributed by atoms with Gasteiger partial charge in [-0.3, -0.25) is 4.79 Å². The highest BCUT2D eigenvalue weighted by atomic mass is 16.4. The second-order valence-electron chi connectivity index (χ2n) is 5.86. The van der Waals surface area contributed by atoms with E-state index in [1.165, 1.54) is 63.3 Å². The predicted molar refractivity (Wildman–Crippen MR) is 91.7 cm³/mol. The molecule has 23 heavy (non-hydrogen) atoms. The van der Waals surface area contributed by atoms with Crippen LogP contribution in [0.4, 0.5) is 5.82 Å². The minimum Gasteiger partial charge on any atom is -0.478 e. The van der Waals surface area contributed by atoms with Gasteiger partial charge in [-0.25, -0.2) is 9.78 Å². The molecule has 0 atom stereocenters. The Morgan fingerprint density at radius 2 is 1.61 bits per heavy atom. The van der Waals surface area contributed by atoms with E-state index >= 15 is 0 Å². The molecule has 0 aliphatic carbocycles. The highest BCUT2D eigenvalue weighted by molar-refractivity contribution is 5.91. The van der Waals surface area contributed by atoms with Crippen LogP contribution in [0.2, 0.25) is 0 Å². The van der Waals surface area contributed by atoms with E-state index in [4.69, 9.17) is 5.11 Å². The van der Waals surface area contributed by atoms with Crippen molar-refractivity contribution in [1.82, 2.24) is 4.98 Å². The number of pyridine rings is 1. The van der Waals surface area contributed by atoms with E-state index in [0.717, 1.165) is 12.8 Å². The zero-order valence-electron chi connectivity index (χ0n) is 14.0. The van der Waals surface area contributed by atoms with Crippen LogP contribution < -0.4 is 5.32 Å². The van der Waals surface area contributed by atoms with E-state index in [1.807, 2.05) is 0 Å². The molecule has 0 saturated heterocycles. The first-order chi connectivity index (χ1) is 11.1. The zero-order valence-corrected chi connectivity index (χ0v) is 14.0. The molecule has 1 amide bonds. The van der Waals surface area contributed by atoms with Gasteiger partial charge in [0, 0.05) is 12.6 Å². The summed E-state index contributed by atoms with van der Waals surface area (Å²) in [6.07, 6.45) is 12.7. The summed E-state index contributed by atoms with van der Waals surface area (Å²) in [4.78, 5) is 26.4. The molecule has 1 heterocycles. The molecule has 1 aromatic heterocycles. The molecule has 0 bridgehead atoms. The smallest absolute Gasteiger partial charge is 0.337 e. The Bertz CT molecular complexity index is 472. The van der Waals surface area contributed by atoms with Crippen LogP contribution in [0.1, 0.15) is 81.5 Å². The minimum absolute atomic E-state index is 0.0662. The number of nitrogens with one attached hydrogen (secondary N) is 1. The van der Waals surface area contributed by atoms with Crippen molar-refractivity contribution >= 4 is 17.7 Å². The van der Waals surface area contributed by atoms with Crippen molar-refractivity contribution in [3.05, 3.63) is 23.9 Å². The second-order valence-corrected chi connectivity index (χ2v) is 5.86. The zero-order chi connectivity index (χ0) is 16.9. The first-order valence-electron chi connectivity index (χ1n) is 8.62. The summed E-state index contributed by atoms with van der Waals surface area (Å²) >= 11 is 0. The van der Waals surface area contributed by atoms with Gasteiger partial charge in [-0.2, -0.15) is 0 Å². The fourth-order valence-corrected chi connectivity index (χ4v) is 2.40. The van der Waals surface area contributed by atoms with Gasteiger partial charge in [0.05, 0.1) is 5.56 Å². The summed E-state index contributed by atoms with van der Waals surface area (Å²) in [6.45, 7) is 2.22. The highest BCUT2D eigenvalue weighted by Gasteiger charge is 2.06. The number of carboxylic acid groups (broad SMARTS) is 1. The number of carboxylic acids is 1. The fraction of sp³-hybridized carbons (Fsp3) is 0.611. The molecule has 5 nitrogen and oxygen atoms in total. The third-order valence-electron chi connectivity index (χ3n) is 3.79. The molecule has 0 aliphatic heterocycles. The summed E-state index contributed by atoms with van der Waals surface area (Å²) in [5.41, 5.74) is 0.113. The molecule has 1 rings (SSSR count). The molecule has 0 saturated carbocycles. The quantitative estimate of drug-likeness (QED) is 0.550. The maximum atomic E-state index is 11.8. The molecule has 1 aromatic rings. The van der Waals surface area contributed by atoms with E-state index in [1.54, 1.807) is 0 Å². The third kappa shape index (κ3) is 8.96. The number of aromatic carboxylic acids is 1. The number of unbranched alkanes of at least 4 members (excludes halogenated alkanes) is 8. The predicted octanol–water partition coefficient (Wildman–Crippen LogP) is 4.64. The standard InChI is InChI=1S/C18H28N2O3/c1-2-3-4-5-6-7-8-9-10-11-17(21)20-16-13-12-15(14-19-16)18(22)23/h12-14H,2-11H2,1H3,(H,22,23)(H,19,20,21). The number of hydrogen-bond donors (Lipinski definition) is 2. The van der Waals surface area contributed by atoms with Gasteiger partial charge in [0.15, 0.2) is 0 Å². The Balaban J connectivity index is 2.07. The van der Waals surface area contributed by atoms with E-state index in [2.05, 4.69) is 17.2 Å². The first kappa shape index (κ1) is 19.1. The lowest BCUT2D eigenvalue weighted by Gasteiger charge is -2.05. The van der Waals surface area contributed by atoms with Gasteiger partial charge in [0.2, 0.25) is 5.91 Å². The van der Waals surface area contributed by atoms with E-state index in [9.17, 15) is 9.59 Å². The largest absolute Gasteiger partial charge is 0.478 e. The van der Waals surface area contributed by atoms with Crippen LogP contribution in [0, 0.1) is 0 Å². The van der Waals surface area contributed by atoms with Crippen molar-refractivity contribution in [2.24, 2.45) is 0 Å². The summed E-state index contributed by atoms with van der Waals surface area (Å²) < 4.78 is 0. The van der Waals surface area contributed by atoms with Gasteiger partial charge >= 0.3 is 5.97 Å². The number of aromatic nitrogens is 1.